The third-order valence-corrected chi connectivity index (χ3v) is 18.0. The molecule has 0 aliphatic carbocycles. The number of pyridine rings is 2. The van der Waals surface area contributed by atoms with E-state index in [9.17, 15) is 109 Å². The van der Waals surface area contributed by atoms with E-state index >= 15 is 0 Å². The van der Waals surface area contributed by atoms with Gasteiger partial charge in [0.2, 0.25) is 47.3 Å². The van der Waals surface area contributed by atoms with Crippen molar-refractivity contribution in [2.45, 2.75) is 176 Å². The summed E-state index contributed by atoms with van der Waals surface area (Å²) in [4.78, 5) is 140. The van der Waals surface area contributed by atoms with Gasteiger partial charge in [0.05, 0.1) is 90.4 Å². The van der Waals surface area contributed by atoms with E-state index < -0.39 is 208 Å². The van der Waals surface area contributed by atoms with Crippen LogP contribution in [0.4, 0.5) is 0 Å². The van der Waals surface area contributed by atoms with Crippen LogP contribution >= 0.6 is 0 Å². The van der Waals surface area contributed by atoms with Gasteiger partial charge in [0.1, 0.15) is 97.4 Å². The standard InChI is InChI=1S/C68H108N14O30/c1-35(87)77-51-59(99)55(95)43(31-83)109-65(51)105-21-15-71-47(91)27-81(28-48(92)72-16-22-106-66-52(78-36(2)88)60(100)56(96)44(32-84)110-66)19-7-5-11-75-63(103)39-9-13-69-41(25-39)42-26-40(10-14-70-42)64(104)76-12-6-8-20-82(29-49(93)73-17-23-107-67-53(79-37(3)89)61(101)57(97)45(33-85)111-67)30-50(94)74-18-24-108-68-54(80-38(4)90)62(102)58(98)46(34-86)112-68/h9-10,13-14,25-26,43-46,51-62,65-68,83-86,95-102H,5-8,11-12,15-24,27-34H2,1-4H3,(H,71,91)(H,72,92)(H,73,93)(H,74,94)(H,75,103)(H,76,104)(H,77,87)(H,78,88)(H,79,89)(H,80,90)/t43-,44-,45-,46-,51-,52-,53-,54-,55+,56+,57+,58+,59-,60-,61-,62-,65+,66+,67+,68+/m1/s1. The van der Waals surface area contributed by atoms with Crippen molar-refractivity contribution in [3.63, 3.8) is 0 Å². The number of unbranched alkanes of at least 4 members (excludes halogenated alkanes) is 2. The molecule has 0 bridgehead atoms. The Bertz CT molecular complexity index is 2990. The van der Waals surface area contributed by atoms with Crippen LogP contribution in [-0.2, 0) is 76.3 Å². The lowest BCUT2D eigenvalue weighted by Crippen LogP contribution is -2.64. The molecule has 2 aromatic rings. The highest BCUT2D eigenvalue weighted by molar-refractivity contribution is 5.96. The Morgan fingerprint density at radius 3 is 0.848 bits per heavy atom. The van der Waals surface area contributed by atoms with E-state index in [1.807, 2.05) is 0 Å². The summed E-state index contributed by atoms with van der Waals surface area (Å²) in [5.74, 6) is -5.52. The van der Waals surface area contributed by atoms with Crippen LogP contribution in [0.1, 0.15) is 74.1 Å². The zero-order chi connectivity index (χ0) is 82.1. The molecule has 0 unspecified atom stereocenters. The fourth-order valence-electron chi connectivity index (χ4n) is 12.3. The molecule has 44 heteroatoms. The number of ether oxygens (including phenoxy) is 8. The number of aliphatic hydroxyl groups excluding tert-OH is 12. The predicted octanol–water partition coefficient (Wildman–Crippen LogP) is -11.9. The lowest BCUT2D eigenvalue weighted by atomic mass is 9.97. The fourth-order valence-corrected chi connectivity index (χ4v) is 12.3. The highest BCUT2D eigenvalue weighted by Crippen LogP contribution is 2.27. The molecule has 4 saturated heterocycles. The van der Waals surface area contributed by atoms with Crippen LogP contribution in [0.2, 0.25) is 0 Å². The molecule has 0 spiro atoms. The Balaban J connectivity index is 0.997. The molecular weight excluding hydrogens is 1490 g/mol. The minimum absolute atomic E-state index is 0.129. The van der Waals surface area contributed by atoms with Gasteiger partial charge in [-0.25, -0.2) is 0 Å². The SMILES string of the molecule is CC(=O)N[C@H]1[C@@H](OCCNC(=O)CN(CCCCNC(=O)c2ccnc(-c3cc(C(=O)NCCCCN(CC(=O)NCCO[C@H]4O[C@H](CO)[C@H](O)[C@H](O)[C@H]4NC(C)=O)CC(=O)NCCO[C@H]4O[C@H](CO)[C@H](O)[C@H](O)[C@H]4NC(C)=O)ccn3)c2)CC(=O)NCCO[C@H]2O[C@H](CO)[C@H](O)[C@H](O)[C@H]2NC(C)=O)O[C@H](CO)[C@H](O)[C@@H]1O. The van der Waals surface area contributed by atoms with E-state index in [0.29, 0.717) is 25.7 Å². The van der Waals surface area contributed by atoms with Crippen LogP contribution in [0, 0.1) is 0 Å². The minimum Gasteiger partial charge on any atom is -0.394 e. The maximum atomic E-state index is 13.6. The van der Waals surface area contributed by atoms with Gasteiger partial charge in [-0.15, -0.1) is 0 Å². The summed E-state index contributed by atoms with van der Waals surface area (Å²) in [6, 6.07) is 0.961. The zero-order valence-electron chi connectivity index (χ0n) is 62.5. The summed E-state index contributed by atoms with van der Waals surface area (Å²) in [5.41, 5.74) is 0.867. The highest BCUT2D eigenvalue weighted by atomic mass is 16.7. The monoisotopic (exact) mass is 1600 g/mol. The van der Waals surface area contributed by atoms with Crippen molar-refractivity contribution in [3.8, 4) is 11.4 Å². The molecule has 0 aromatic carbocycles. The van der Waals surface area contributed by atoms with Crippen molar-refractivity contribution in [3.05, 3.63) is 47.8 Å². The van der Waals surface area contributed by atoms with Crippen molar-refractivity contribution in [2.24, 2.45) is 0 Å². The second-order valence-corrected chi connectivity index (χ2v) is 26.8. The third kappa shape index (κ3) is 29.5. The van der Waals surface area contributed by atoms with Gasteiger partial charge in [-0.3, -0.25) is 67.7 Å². The Morgan fingerprint density at radius 2 is 0.616 bits per heavy atom. The summed E-state index contributed by atoms with van der Waals surface area (Å²) in [5, 5.41) is 149. The van der Waals surface area contributed by atoms with Gasteiger partial charge in [0, 0.05) is 90.5 Å². The van der Waals surface area contributed by atoms with Gasteiger partial charge in [0.15, 0.2) is 25.2 Å². The summed E-state index contributed by atoms with van der Waals surface area (Å²) >= 11 is 0. The molecule has 22 N–H and O–H groups in total. The van der Waals surface area contributed by atoms with E-state index in [0.717, 1.165) is 0 Å². The first-order valence-electron chi connectivity index (χ1n) is 36.5. The number of hydrogen-bond donors (Lipinski definition) is 22. The number of hydrogen-bond acceptors (Lipinski definition) is 34. The number of aromatic nitrogens is 2. The van der Waals surface area contributed by atoms with Gasteiger partial charge in [-0.05, 0) is 63.0 Å². The summed E-state index contributed by atoms with van der Waals surface area (Å²) < 4.78 is 45.0. The Kier molecular flexibility index (Phi) is 39.6. The van der Waals surface area contributed by atoms with Gasteiger partial charge in [0.25, 0.3) is 11.8 Å². The number of nitrogens with one attached hydrogen (secondary N) is 10. The normalized spacial score (nSPS) is 27.8. The molecule has 10 amide bonds. The number of carbonyl (C=O) groups is 10. The van der Waals surface area contributed by atoms with Crippen LogP contribution in [-0.4, -0.2) is 394 Å². The van der Waals surface area contributed by atoms with Crippen LogP contribution in [0.15, 0.2) is 36.7 Å². The van der Waals surface area contributed by atoms with Crippen LogP contribution in [0.5, 0.6) is 0 Å². The molecule has 0 saturated carbocycles. The Hall–Kier alpha value is -7.88. The largest absolute Gasteiger partial charge is 0.394 e. The lowest BCUT2D eigenvalue weighted by Gasteiger charge is -2.42. The van der Waals surface area contributed by atoms with Crippen LogP contribution < -0.4 is 53.2 Å². The molecule has 44 nitrogen and oxygen atoms in total. The van der Waals surface area contributed by atoms with Crippen molar-refractivity contribution in [1.82, 2.24) is 72.9 Å². The number of carbonyl (C=O) groups excluding carboxylic acids is 10. The van der Waals surface area contributed by atoms with Crippen molar-refractivity contribution in [2.75, 3.05) is 131 Å². The molecule has 4 aliphatic heterocycles. The second kappa shape index (κ2) is 47.7. The number of rotatable bonds is 45. The molecule has 6 rings (SSSR count). The average Bonchev–Trinajstić information content (AvgIpc) is 0.825. The molecule has 2 aromatic heterocycles. The molecular formula is C68H108N14O30. The molecule has 112 heavy (non-hydrogen) atoms. The molecule has 6 heterocycles. The summed E-state index contributed by atoms with van der Waals surface area (Å²) in [7, 11) is 0. The first-order chi connectivity index (χ1) is 53.5. The fraction of sp³-hybridized carbons (Fsp3) is 0.706. The predicted molar refractivity (Wildman–Crippen MR) is 381 cm³/mol. The number of amides is 10. The van der Waals surface area contributed by atoms with Crippen LogP contribution in [0.3, 0.4) is 0 Å². The quantitative estimate of drug-likeness (QED) is 0.0274. The summed E-state index contributed by atoms with van der Waals surface area (Å²) in [6.07, 6.45) is -18.7. The Morgan fingerprint density at radius 1 is 0.366 bits per heavy atom. The van der Waals surface area contributed by atoms with Gasteiger partial charge in [-0.1, -0.05) is 0 Å². The first-order valence-corrected chi connectivity index (χ1v) is 36.5. The summed E-state index contributed by atoms with van der Waals surface area (Å²) in [6.45, 7) is -0.238. The molecule has 20 atom stereocenters. The van der Waals surface area contributed by atoms with Gasteiger partial charge in [-0.2, -0.15) is 0 Å². The van der Waals surface area contributed by atoms with E-state index in [1.54, 1.807) is 0 Å². The van der Waals surface area contributed by atoms with Crippen molar-refractivity contribution in [1.29, 1.82) is 0 Å². The zero-order valence-corrected chi connectivity index (χ0v) is 62.5. The molecule has 4 fully saturated rings. The topological polar surface area (TPSA) is 640 Å². The first kappa shape index (κ1) is 93.0. The highest BCUT2D eigenvalue weighted by Gasteiger charge is 2.49. The second-order valence-electron chi connectivity index (χ2n) is 26.8. The van der Waals surface area contributed by atoms with E-state index in [1.165, 1.54) is 74.2 Å². The molecule has 4 aliphatic rings. The number of aliphatic hydroxyl groups is 12. The maximum absolute atomic E-state index is 13.6. The minimum atomic E-state index is -1.57. The van der Waals surface area contributed by atoms with Gasteiger partial charge < -0.3 is 152 Å². The van der Waals surface area contributed by atoms with Crippen LogP contribution in [0.25, 0.3) is 11.4 Å². The third-order valence-electron chi connectivity index (χ3n) is 18.0. The van der Waals surface area contributed by atoms with E-state index in [2.05, 4.69) is 63.1 Å². The maximum Gasteiger partial charge on any atom is 0.251 e. The van der Waals surface area contributed by atoms with E-state index in [-0.39, 0.29) is 127 Å². The van der Waals surface area contributed by atoms with Crippen molar-refractivity contribution >= 4 is 59.1 Å². The van der Waals surface area contributed by atoms with Gasteiger partial charge >= 0.3 is 0 Å². The molecule has 0 radical (unpaired) electrons. The lowest BCUT2D eigenvalue weighted by molar-refractivity contribution is -0.269. The average molecular weight is 1600 g/mol. The van der Waals surface area contributed by atoms with E-state index in [4.69, 9.17) is 37.9 Å². The number of nitrogens with zero attached hydrogens (tertiary/aromatic N) is 4. The molecule has 630 valence electrons. The van der Waals surface area contributed by atoms with Crippen molar-refractivity contribution < 1.29 is 147 Å². The Labute approximate surface area is 643 Å². The smallest absolute Gasteiger partial charge is 0.251 e.